The highest BCUT2D eigenvalue weighted by Crippen LogP contribution is 2.39. The van der Waals surface area contributed by atoms with Gasteiger partial charge in [-0.05, 0) is 70.1 Å². The molecular formula is C31H40O2. The zero-order valence-corrected chi connectivity index (χ0v) is 21.7. The molecule has 1 rings (SSSR count). The molecular weight excluding hydrogens is 404 g/mol. The van der Waals surface area contributed by atoms with Gasteiger partial charge in [-0.15, -0.1) is 0 Å². The Bertz CT molecular complexity index is 1010. The number of carbonyl (C=O) groups is 2. The summed E-state index contributed by atoms with van der Waals surface area (Å²) in [6, 6.07) is 0. The Morgan fingerprint density at radius 3 is 1.79 bits per heavy atom. The Hall–Kier alpha value is -3.00. The highest BCUT2D eigenvalue weighted by atomic mass is 16.1. The molecule has 0 aromatic carbocycles. The van der Waals surface area contributed by atoms with Crippen LogP contribution in [0.15, 0.2) is 106 Å². The minimum Gasteiger partial charge on any atom is -0.295 e. The summed E-state index contributed by atoms with van der Waals surface area (Å²) in [5.41, 5.74) is 6.25. The predicted molar refractivity (Wildman–Crippen MR) is 143 cm³/mol. The van der Waals surface area contributed by atoms with Crippen molar-refractivity contribution < 1.29 is 9.59 Å². The van der Waals surface area contributed by atoms with Crippen molar-refractivity contribution in [3.8, 4) is 0 Å². The van der Waals surface area contributed by atoms with E-state index in [4.69, 9.17) is 0 Å². The van der Waals surface area contributed by atoms with Crippen molar-refractivity contribution >= 4 is 11.6 Å². The van der Waals surface area contributed by atoms with Crippen molar-refractivity contribution in [3.63, 3.8) is 0 Å². The van der Waals surface area contributed by atoms with Gasteiger partial charge in [-0.1, -0.05) is 103 Å². The van der Waals surface area contributed by atoms with Gasteiger partial charge in [0.15, 0.2) is 11.6 Å². The summed E-state index contributed by atoms with van der Waals surface area (Å²) in [7, 11) is 0. The number of allylic oxidation sites excluding steroid dienone is 18. The van der Waals surface area contributed by atoms with E-state index in [1.807, 2.05) is 63.3 Å². The van der Waals surface area contributed by atoms with Crippen molar-refractivity contribution in [1.29, 1.82) is 0 Å². The molecule has 0 aromatic heterocycles. The molecule has 2 nitrogen and oxygen atoms in total. The maximum atomic E-state index is 12.1. The number of carbonyl (C=O) groups excluding carboxylic acids is 2. The highest BCUT2D eigenvalue weighted by molar-refractivity contribution is 5.97. The Labute approximate surface area is 201 Å². The van der Waals surface area contributed by atoms with Crippen molar-refractivity contribution in [2.45, 2.75) is 68.2 Å². The fourth-order valence-electron chi connectivity index (χ4n) is 3.37. The molecule has 0 N–H and O–H groups in total. The van der Waals surface area contributed by atoms with E-state index < -0.39 is 0 Å². The predicted octanol–water partition coefficient (Wildman–Crippen LogP) is 8.29. The van der Waals surface area contributed by atoms with E-state index in [2.05, 4.69) is 58.1 Å². The third-order valence-electron chi connectivity index (χ3n) is 5.85. The molecule has 2 heteroatoms. The van der Waals surface area contributed by atoms with Crippen LogP contribution in [0.1, 0.15) is 68.2 Å². The Morgan fingerprint density at radius 2 is 1.24 bits per heavy atom. The Morgan fingerprint density at radius 1 is 0.758 bits per heavy atom. The van der Waals surface area contributed by atoms with E-state index in [-0.39, 0.29) is 17.0 Å². The van der Waals surface area contributed by atoms with Gasteiger partial charge >= 0.3 is 0 Å². The number of rotatable bonds is 9. The van der Waals surface area contributed by atoms with Gasteiger partial charge in [-0.3, -0.25) is 9.59 Å². The smallest absolute Gasteiger partial charge is 0.158 e. The molecule has 0 aromatic rings. The van der Waals surface area contributed by atoms with Crippen molar-refractivity contribution in [2.75, 3.05) is 0 Å². The molecule has 0 aliphatic heterocycles. The lowest BCUT2D eigenvalue weighted by Gasteiger charge is -2.32. The van der Waals surface area contributed by atoms with Crippen LogP contribution in [0, 0.1) is 5.41 Å². The maximum absolute atomic E-state index is 12.1. The summed E-state index contributed by atoms with van der Waals surface area (Å²) < 4.78 is 0. The Kier molecular flexibility index (Phi) is 11.5. The molecule has 0 saturated carbocycles. The molecule has 0 unspecified atom stereocenters. The van der Waals surface area contributed by atoms with E-state index in [0.29, 0.717) is 6.42 Å². The average molecular weight is 445 g/mol. The quantitative estimate of drug-likeness (QED) is 0.265. The van der Waals surface area contributed by atoms with Crippen LogP contribution in [0.2, 0.25) is 0 Å². The first-order valence-corrected chi connectivity index (χ1v) is 11.6. The van der Waals surface area contributed by atoms with E-state index in [9.17, 15) is 9.59 Å². The molecule has 1 aliphatic carbocycles. The summed E-state index contributed by atoms with van der Waals surface area (Å²) >= 11 is 0. The fraction of sp³-hybridized carbons (Fsp3) is 0.355. The largest absolute Gasteiger partial charge is 0.295 e. The molecule has 0 amide bonds. The van der Waals surface area contributed by atoms with Gasteiger partial charge in [0.05, 0.1) is 0 Å². The molecule has 0 atom stereocenters. The molecule has 33 heavy (non-hydrogen) atoms. The van der Waals surface area contributed by atoms with Crippen LogP contribution >= 0.6 is 0 Å². The molecule has 0 heterocycles. The van der Waals surface area contributed by atoms with Crippen LogP contribution in [-0.2, 0) is 9.59 Å². The summed E-state index contributed by atoms with van der Waals surface area (Å²) in [6.07, 6.45) is 25.8. The van der Waals surface area contributed by atoms with Crippen molar-refractivity contribution in [3.05, 3.63) is 106 Å². The van der Waals surface area contributed by atoms with E-state index in [1.165, 1.54) is 0 Å². The highest BCUT2D eigenvalue weighted by Gasteiger charge is 2.30. The zero-order valence-electron chi connectivity index (χ0n) is 21.7. The second-order valence-corrected chi connectivity index (χ2v) is 9.42. The topological polar surface area (TPSA) is 34.1 Å². The van der Waals surface area contributed by atoms with Gasteiger partial charge in [0.1, 0.15) is 0 Å². The van der Waals surface area contributed by atoms with Crippen LogP contribution in [0.4, 0.5) is 0 Å². The first-order valence-electron chi connectivity index (χ1n) is 11.6. The van der Waals surface area contributed by atoms with Crippen LogP contribution < -0.4 is 0 Å². The van der Waals surface area contributed by atoms with E-state index >= 15 is 0 Å². The molecule has 0 bridgehead atoms. The summed E-state index contributed by atoms with van der Waals surface area (Å²) in [5.74, 6) is 0.360. The normalized spacial score (nSPS) is 19.2. The van der Waals surface area contributed by atoms with Gasteiger partial charge < -0.3 is 0 Å². The lowest BCUT2D eigenvalue weighted by Crippen LogP contribution is -2.24. The average Bonchev–Trinajstić information content (AvgIpc) is 2.73. The molecule has 0 spiro atoms. The van der Waals surface area contributed by atoms with Gasteiger partial charge in [-0.25, -0.2) is 0 Å². The second-order valence-electron chi connectivity index (χ2n) is 9.42. The molecule has 0 radical (unpaired) electrons. The molecule has 0 fully saturated rings. The summed E-state index contributed by atoms with van der Waals surface area (Å²) in [5, 5.41) is 0. The lowest BCUT2D eigenvalue weighted by molar-refractivity contribution is -0.116. The number of Topliss-reactive ketones (excluding diaryl/α,β-unsaturated/α-hetero) is 2. The molecule has 0 saturated heterocycles. The van der Waals surface area contributed by atoms with Crippen molar-refractivity contribution in [2.24, 2.45) is 5.41 Å². The monoisotopic (exact) mass is 444 g/mol. The van der Waals surface area contributed by atoms with E-state index in [1.54, 1.807) is 6.92 Å². The summed E-state index contributed by atoms with van der Waals surface area (Å²) in [6.45, 7) is 15.9. The minimum atomic E-state index is 0.0447. The zero-order chi connectivity index (χ0) is 25.0. The van der Waals surface area contributed by atoms with Gasteiger partial charge in [0, 0.05) is 6.42 Å². The van der Waals surface area contributed by atoms with Crippen LogP contribution in [0.25, 0.3) is 0 Å². The summed E-state index contributed by atoms with van der Waals surface area (Å²) in [4.78, 5) is 23.3. The van der Waals surface area contributed by atoms with E-state index in [0.717, 1.165) is 39.9 Å². The van der Waals surface area contributed by atoms with Gasteiger partial charge in [-0.2, -0.15) is 0 Å². The standard InChI is InChI=1S/C31H40O2/c1-23(13-9-10-14-24(2)17-12-18-26(4)28(6)32)15-11-16-25(3)19-20-29-27(5)30(33)21-22-31(29,7)8/h9-20H,21-22H2,1-8H3/b10-9+,15-11+,17-12+,20-19+,23-13+,24-14+,25-16+,26-18+. The number of ketones is 2. The molecule has 176 valence electrons. The van der Waals surface area contributed by atoms with Gasteiger partial charge in [0.2, 0.25) is 0 Å². The van der Waals surface area contributed by atoms with Gasteiger partial charge in [0.25, 0.3) is 0 Å². The van der Waals surface area contributed by atoms with Crippen molar-refractivity contribution in [1.82, 2.24) is 0 Å². The molecule has 1 aliphatic rings. The van der Waals surface area contributed by atoms with Crippen LogP contribution in [0.3, 0.4) is 0 Å². The third-order valence-corrected chi connectivity index (χ3v) is 5.85. The third kappa shape index (κ3) is 10.4. The SMILES string of the molecule is CC(=O)/C(C)=C/C=C/C(C)=C/C=C/C=C(C)/C=C/C=C(C)/C=C/C1=C(C)C(=O)CCC1(C)C. The number of hydrogen-bond acceptors (Lipinski definition) is 2. The number of hydrogen-bond donors (Lipinski definition) is 0. The minimum absolute atomic E-state index is 0.0447. The first-order chi connectivity index (χ1) is 15.4. The fourth-order valence-corrected chi connectivity index (χ4v) is 3.37. The lowest BCUT2D eigenvalue weighted by atomic mass is 9.72. The Balaban J connectivity index is 2.71. The van der Waals surface area contributed by atoms with Crippen LogP contribution in [0.5, 0.6) is 0 Å². The maximum Gasteiger partial charge on any atom is 0.158 e. The second kappa shape index (κ2) is 13.5. The van der Waals surface area contributed by atoms with Crippen LogP contribution in [-0.4, -0.2) is 11.6 Å². The first kappa shape index (κ1) is 28.0.